The van der Waals surface area contributed by atoms with Crippen molar-refractivity contribution in [1.82, 2.24) is 14.6 Å². The summed E-state index contributed by atoms with van der Waals surface area (Å²) in [5.41, 5.74) is 3.38. The largest absolute Gasteiger partial charge is 0.465 e. The summed E-state index contributed by atoms with van der Waals surface area (Å²) in [4.78, 5) is 26.5. The minimum atomic E-state index is -0.502. The Labute approximate surface area is 126 Å². The molecule has 0 unspecified atom stereocenters. The summed E-state index contributed by atoms with van der Waals surface area (Å²) in [5.74, 6) is -0.0507. The third-order valence-corrected chi connectivity index (χ3v) is 3.67. The summed E-state index contributed by atoms with van der Waals surface area (Å²) in [7, 11) is 1.29. The Morgan fingerprint density at radius 2 is 2.00 bits per heavy atom. The molecule has 22 heavy (non-hydrogen) atoms. The van der Waals surface area contributed by atoms with Crippen LogP contribution < -0.4 is 5.56 Å². The van der Waals surface area contributed by atoms with E-state index in [-0.39, 0.29) is 11.1 Å². The van der Waals surface area contributed by atoms with Crippen molar-refractivity contribution in [2.45, 2.75) is 13.8 Å². The molecule has 0 aliphatic heterocycles. The Bertz CT molecular complexity index is 937. The highest BCUT2D eigenvalue weighted by atomic mass is 16.5. The van der Waals surface area contributed by atoms with E-state index in [4.69, 9.17) is 0 Å². The molecule has 0 aliphatic rings. The minimum Gasteiger partial charge on any atom is -0.465 e. The van der Waals surface area contributed by atoms with Crippen LogP contribution in [-0.4, -0.2) is 27.7 Å². The molecule has 0 aliphatic carbocycles. The van der Waals surface area contributed by atoms with Crippen LogP contribution >= 0.6 is 0 Å². The quantitative estimate of drug-likeness (QED) is 0.735. The maximum atomic E-state index is 12.2. The van der Waals surface area contributed by atoms with E-state index in [9.17, 15) is 9.59 Å². The van der Waals surface area contributed by atoms with E-state index >= 15 is 0 Å². The molecule has 3 aromatic rings. The van der Waals surface area contributed by atoms with Gasteiger partial charge in [0.2, 0.25) is 0 Å². The summed E-state index contributed by atoms with van der Waals surface area (Å²) in [6, 6.07) is 7.30. The van der Waals surface area contributed by atoms with Crippen molar-refractivity contribution in [3.05, 3.63) is 57.5 Å². The average Bonchev–Trinajstić information content (AvgIpc) is 2.94. The van der Waals surface area contributed by atoms with Gasteiger partial charge in [0.05, 0.1) is 12.7 Å². The molecule has 1 N–H and O–H groups in total. The third kappa shape index (κ3) is 2.28. The molecule has 0 saturated carbocycles. The van der Waals surface area contributed by atoms with Gasteiger partial charge in [0.1, 0.15) is 5.52 Å². The van der Waals surface area contributed by atoms with Gasteiger partial charge in [-0.25, -0.2) is 9.31 Å². The number of methoxy groups -OCH3 is 1. The highest BCUT2D eigenvalue weighted by molar-refractivity contribution is 5.90. The van der Waals surface area contributed by atoms with Crippen LogP contribution in [0.5, 0.6) is 0 Å². The summed E-state index contributed by atoms with van der Waals surface area (Å²) in [5, 5.41) is 4.37. The highest BCUT2D eigenvalue weighted by Gasteiger charge is 2.13. The molecule has 6 heteroatoms. The lowest BCUT2D eigenvalue weighted by atomic mass is 10.1. The number of aromatic nitrogens is 3. The standard InChI is InChI=1S/C16H15N3O3/c1-9-4-5-11(6-10(9)2)14-17-15(20)13-7-12(16(21)22-3)8-19(13)18-14/h4-8H,1-3H3,(H,17,18,20). The second-order valence-corrected chi connectivity index (χ2v) is 5.15. The molecule has 112 valence electrons. The first-order chi connectivity index (χ1) is 10.5. The minimum absolute atomic E-state index is 0.290. The third-order valence-electron chi connectivity index (χ3n) is 3.67. The molecule has 3 rings (SSSR count). The zero-order chi connectivity index (χ0) is 15.9. The van der Waals surface area contributed by atoms with Gasteiger partial charge in [-0.1, -0.05) is 12.1 Å². The molecule has 2 heterocycles. The van der Waals surface area contributed by atoms with Crippen LogP contribution in [0.4, 0.5) is 0 Å². The van der Waals surface area contributed by atoms with Gasteiger partial charge in [-0.15, -0.1) is 5.10 Å². The molecular formula is C16H15N3O3. The maximum absolute atomic E-state index is 12.2. The smallest absolute Gasteiger partial charge is 0.339 e. The van der Waals surface area contributed by atoms with Crippen molar-refractivity contribution < 1.29 is 9.53 Å². The Morgan fingerprint density at radius 3 is 2.68 bits per heavy atom. The maximum Gasteiger partial charge on any atom is 0.339 e. The predicted molar refractivity (Wildman–Crippen MR) is 82.1 cm³/mol. The van der Waals surface area contributed by atoms with Gasteiger partial charge in [0, 0.05) is 11.8 Å². The van der Waals surface area contributed by atoms with Gasteiger partial charge in [0.15, 0.2) is 5.82 Å². The van der Waals surface area contributed by atoms with Crippen molar-refractivity contribution in [2.75, 3.05) is 7.11 Å². The summed E-state index contributed by atoms with van der Waals surface area (Å²) in [6.45, 7) is 4.02. The summed E-state index contributed by atoms with van der Waals surface area (Å²) in [6.07, 6.45) is 1.49. The predicted octanol–water partition coefficient (Wildman–Crippen LogP) is 2.09. The number of aryl methyl sites for hydroxylation is 2. The van der Waals surface area contributed by atoms with E-state index in [0.29, 0.717) is 11.3 Å². The number of ether oxygens (including phenoxy) is 1. The number of hydrogen-bond acceptors (Lipinski definition) is 4. The molecule has 0 radical (unpaired) electrons. The number of H-pyrrole nitrogens is 1. The van der Waals surface area contributed by atoms with Crippen LogP contribution in [0.3, 0.4) is 0 Å². The van der Waals surface area contributed by atoms with Crippen LogP contribution in [0.1, 0.15) is 21.5 Å². The molecule has 0 atom stereocenters. The van der Waals surface area contributed by atoms with E-state index in [1.54, 1.807) is 0 Å². The first kappa shape index (κ1) is 14.1. The Morgan fingerprint density at radius 1 is 1.23 bits per heavy atom. The molecular weight excluding hydrogens is 282 g/mol. The van der Waals surface area contributed by atoms with Crippen molar-refractivity contribution in [1.29, 1.82) is 0 Å². The number of nitrogens with one attached hydrogen (secondary N) is 1. The lowest BCUT2D eigenvalue weighted by Gasteiger charge is -2.05. The zero-order valence-corrected chi connectivity index (χ0v) is 12.5. The van der Waals surface area contributed by atoms with Crippen LogP contribution in [0.25, 0.3) is 16.9 Å². The van der Waals surface area contributed by atoms with E-state index < -0.39 is 5.97 Å². The Kier molecular flexibility index (Phi) is 3.29. The number of rotatable bonds is 2. The zero-order valence-electron chi connectivity index (χ0n) is 12.5. The topological polar surface area (TPSA) is 76.5 Å². The number of fused-ring (bicyclic) bond motifs is 1. The normalized spacial score (nSPS) is 10.9. The van der Waals surface area contributed by atoms with Gasteiger partial charge in [-0.2, -0.15) is 0 Å². The SMILES string of the molecule is COC(=O)c1cc2c(=O)[nH]c(-c3ccc(C)c(C)c3)nn2c1. The van der Waals surface area contributed by atoms with Crippen molar-refractivity contribution >= 4 is 11.5 Å². The van der Waals surface area contributed by atoms with Crippen molar-refractivity contribution in [3.63, 3.8) is 0 Å². The van der Waals surface area contributed by atoms with Crippen molar-refractivity contribution in [2.24, 2.45) is 0 Å². The summed E-state index contributed by atoms with van der Waals surface area (Å²) >= 11 is 0. The second kappa shape index (κ2) is 5.14. The van der Waals surface area contributed by atoms with Crippen LogP contribution in [0.2, 0.25) is 0 Å². The molecule has 0 fully saturated rings. The average molecular weight is 297 g/mol. The molecule has 6 nitrogen and oxygen atoms in total. The summed E-state index contributed by atoms with van der Waals surface area (Å²) < 4.78 is 6.06. The van der Waals surface area contributed by atoms with Gasteiger partial charge in [-0.3, -0.25) is 4.79 Å². The number of nitrogens with zero attached hydrogens (tertiary/aromatic N) is 2. The van der Waals surface area contributed by atoms with E-state index in [1.165, 1.54) is 29.5 Å². The van der Waals surface area contributed by atoms with Crippen molar-refractivity contribution in [3.8, 4) is 11.4 Å². The molecule has 0 amide bonds. The Balaban J connectivity index is 2.17. The number of benzene rings is 1. The fourth-order valence-corrected chi connectivity index (χ4v) is 2.26. The number of esters is 1. The van der Waals surface area contributed by atoms with Crippen LogP contribution in [0.15, 0.2) is 35.3 Å². The van der Waals surface area contributed by atoms with Gasteiger partial charge >= 0.3 is 5.97 Å². The van der Waals surface area contributed by atoms with Crippen LogP contribution in [-0.2, 0) is 4.74 Å². The number of carbonyl (C=O) groups is 1. The first-order valence-electron chi connectivity index (χ1n) is 6.78. The lowest BCUT2D eigenvalue weighted by Crippen LogP contribution is -2.13. The lowest BCUT2D eigenvalue weighted by molar-refractivity contribution is 0.0601. The molecule has 0 spiro atoms. The van der Waals surface area contributed by atoms with E-state index in [0.717, 1.165) is 11.1 Å². The number of carbonyl (C=O) groups excluding carboxylic acids is 1. The van der Waals surface area contributed by atoms with Gasteiger partial charge in [-0.05, 0) is 37.1 Å². The Hall–Kier alpha value is -2.89. The molecule has 1 aromatic carbocycles. The fraction of sp³-hybridized carbons (Fsp3) is 0.188. The van der Waals surface area contributed by atoms with Gasteiger partial charge in [0.25, 0.3) is 5.56 Å². The molecule has 2 aromatic heterocycles. The highest BCUT2D eigenvalue weighted by Crippen LogP contribution is 2.18. The van der Waals surface area contributed by atoms with E-state index in [2.05, 4.69) is 14.8 Å². The molecule has 0 bridgehead atoms. The number of hydrogen-bond donors (Lipinski definition) is 1. The monoisotopic (exact) mass is 297 g/mol. The van der Waals surface area contributed by atoms with E-state index in [1.807, 2.05) is 32.0 Å². The molecule has 0 saturated heterocycles. The van der Waals surface area contributed by atoms with Crippen LogP contribution in [0, 0.1) is 13.8 Å². The van der Waals surface area contributed by atoms with Gasteiger partial charge < -0.3 is 9.72 Å². The number of aromatic amines is 1. The first-order valence-corrected chi connectivity index (χ1v) is 6.78. The fourth-order valence-electron chi connectivity index (χ4n) is 2.26. The second-order valence-electron chi connectivity index (χ2n) is 5.15.